The number of furan rings is 1. The number of hydrogen-bond donors (Lipinski definition) is 2. The molecule has 0 radical (unpaired) electrons. The third kappa shape index (κ3) is 3.58. The van der Waals surface area contributed by atoms with Crippen LogP contribution in [-0.2, 0) is 6.54 Å². The Morgan fingerprint density at radius 1 is 1.19 bits per heavy atom. The van der Waals surface area contributed by atoms with E-state index in [-0.39, 0.29) is 0 Å². The van der Waals surface area contributed by atoms with Crippen LogP contribution in [0.1, 0.15) is 16.7 Å². The molecule has 5 heteroatoms. The smallest absolute Gasteiger partial charge is 0.133 e. The van der Waals surface area contributed by atoms with E-state index in [0.29, 0.717) is 18.8 Å². The van der Waals surface area contributed by atoms with Gasteiger partial charge in [0.1, 0.15) is 16.9 Å². The maximum atomic E-state index is 9.90. The number of nitrogens with one attached hydrogen (secondary N) is 1. The second-order valence-corrected chi connectivity index (χ2v) is 5.78. The molecule has 2 heterocycles. The minimum absolute atomic E-state index is 0.450. The Labute approximate surface area is 127 Å². The standard InChI is InChI=1S/C16H16N2O2S/c19-14(15-7-4-8-20-15)11-17-9-13-10-18-16(21-13)12-5-2-1-3-6-12/h1-8,10,14,17,19H,9,11H2. The molecular formula is C16H16N2O2S. The third-order valence-corrected chi connectivity index (χ3v) is 4.13. The monoisotopic (exact) mass is 300 g/mol. The summed E-state index contributed by atoms with van der Waals surface area (Å²) in [5.41, 5.74) is 1.13. The third-order valence-electron chi connectivity index (χ3n) is 3.08. The van der Waals surface area contributed by atoms with E-state index in [0.717, 1.165) is 15.4 Å². The highest BCUT2D eigenvalue weighted by Crippen LogP contribution is 2.24. The molecule has 0 saturated carbocycles. The molecule has 0 aliphatic carbocycles. The highest BCUT2D eigenvalue weighted by atomic mass is 32.1. The van der Waals surface area contributed by atoms with Gasteiger partial charge < -0.3 is 14.8 Å². The van der Waals surface area contributed by atoms with E-state index in [9.17, 15) is 5.11 Å². The molecule has 0 saturated heterocycles. The minimum Gasteiger partial charge on any atom is -0.467 e. The van der Waals surface area contributed by atoms with Crippen LogP contribution in [0.25, 0.3) is 10.6 Å². The molecule has 3 aromatic rings. The first-order chi connectivity index (χ1) is 10.3. The van der Waals surface area contributed by atoms with Crippen molar-refractivity contribution in [3.05, 3.63) is 65.6 Å². The lowest BCUT2D eigenvalue weighted by atomic mass is 10.2. The van der Waals surface area contributed by atoms with Crippen LogP contribution in [0.3, 0.4) is 0 Å². The van der Waals surface area contributed by atoms with E-state index < -0.39 is 6.10 Å². The SMILES string of the molecule is OC(CNCc1cnc(-c2ccccc2)s1)c1ccco1. The van der Waals surface area contributed by atoms with Gasteiger partial charge in [0.25, 0.3) is 0 Å². The predicted molar refractivity (Wildman–Crippen MR) is 82.9 cm³/mol. The maximum Gasteiger partial charge on any atom is 0.133 e. The van der Waals surface area contributed by atoms with Crippen LogP contribution in [0.15, 0.2) is 59.3 Å². The van der Waals surface area contributed by atoms with Crippen LogP contribution in [0.2, 0.25) is 0 Å². The van der Waals surface area contributed by atoms with Gasteiger partial charge in [-0.1, -0.05) is 30.3 Å². The molecule has 0 aliphatic rings. The molecule has 0 aliphatic heterocycles. The fourth-order valence-electron chi connectivity index (χ4n) is 2.02. The molecule has 108 valence electrons. The zero-order chi connectivity index (χ0) is 14.5. The minimum atomic E-state index is -0.624. The Bertz CT molecular complexity index is 665. The van der Waals surface area contributed by atoms with Crippen molar-refractivity contribution in [2.45, 2.75) is 12.6 Å². The summed E-state index contributed by atoms with van der Waals surface area (Å²) >= 11 is 1.66. The zero-order valence-corrected chi connectivity index (χ0v) is 12.2. The van der Waals surface area contributed by atoms with Crippen LogP contribution in [0.5, 0.6) is 0 Å². The number of hydrogen-bond acceptors (Lipinski definition) is 5. The highest BCUT2D eigenvalue weighted by Gasteiger charge is 2.10. The number of benzene rings is 1. The van der Waals surface area contributed by atoms with Gasteiger partial charge >= 0.3 is 0 Å². The number of aliphatic hydroxyl groups is 1. The summed E-state index contributed by atoms with van der Waals surface area (Å²) in [4.78, 5) is 5.57. The number of rotatable bonds is 6. The normalized spacial score (nSPS) is 12.4. The van der Waals surface area contributed by atoms with Crippen molar-refractivity contribution in [3.63, 3.8) is 0 Å². The molecule has 21 heavy (non-hydrogen) atoms. The fraction of sp³-hybridized carbons (Fsp3) is 0.188. The van der Waals surface area contributed by atoms with Crippen LogP contribution < -0.4 is 5.32 Å². The predicted octanol–water partition coefficient (Wildman–Crippen LogP) is 3.23. The Hall–Kier alpha value is -1.95. The van der Waals surface area contributed by atoms with Crippen molar-refractivity contribution in [1.29, 1.82) is 0 Å². The molecule has 3 rings (SSSR count). The lowest BCUT2D eigenvalue weighted by Gasteiger charge is -2.08. The number of aromatic nitrogens is 1. The molecule has 0 bridgehead atoms. The van der Waals surface area contributed by atoms with Crippen molar-refractivity contribution in [2.24, 2.45) is 0 Å². The second-order valence-electron chi connectivity index (χ2n) is 4.66. The van der Waals surface area contributed by atoms with E-state index in [1.54, 1.807) is 29.7 Å². The van der Waals surface area contributed by atoms with Gasteiger partial charge in [-0.2, -0.15) is 0 Å². The molecule has 0 amide bonds. The molecule has 2 N–H and O–H groups in total. The van der Waals surface area contributed by atoms with E-state index >= 15 is 0 Å². The van der Waals surface area contributed by atoms with E-state index in [2.05, 4.69) is 22.4 Å². The lowest BCUT2D eigenvalue weighted by Crippen LogP contribution is -2.20. The Balaban J connectivity index is 1.54. The number of aliphatic hydroxyl groups excluding tert-OH is 1. The van der Waals surface area contributed by atoms with Crippen molar-refractivity contribution in [2.75, 3.05) is 6.54 Å². The summed E-state index contributed by atoms with van der Waals surface area (Å²) in [5, 5.41) is 14.1. The summed E-state index contributed by atoms with van der Waals surface area (Å²) in [6, 6.07) is 13.7. The summed E-state index contributed by atoms with van der Waals surface area (Å²) in [5.74, 6) is 0.580. The van der Waals surface area contributed by atoms with E-state index in [1.165, 1.54) is 0 Å². The first-order valence-electron chi connectivity index (χ1n) is 6.75. The first-order valence-corrected chi connectivity index (χ1v) is 7.57. The molecule has 1 aromatic carbocycles. The summed E-state index contributed by atoms with van der Waals surface area (Å²) < 4.78 is 5.16. The second kappa shape index (κ2) is 6.67. The highest BCUT2D eigenvalue weighted by molar-refractivity contribution is 7.15. The van der Waals surface area contributed by atoms with Crippen molar-refractivity contribution < 1.29 is 9.52 Å². The molecular weight excluding hydrogens is 284 g/mol. The quantitative estimate of drug-likeness (QED) is 0.734. The van der Waals surface area contributed by atoms with Gasteiger partial charge in [-0.15, -0.1) is 11.3 Å². The Morgan fingerprint density at radius 3 is 2.81 bits per heavy atom. The van der Waals surface area contributed by atoms with Crippen LogP contribution in [0, 0.1) is 0 Å². The van der Waals surface area contributed by atoms with Gasteiger partial charge in [0, 0.05) is 29.7 Å². The zero-order valence-electron chi connectivity index (χ0n) is 11.4. The van der Waals surface area contributed by atoms with Crippen molar-refractivity contribution in [3.8, 4) is 10.6 Å². The summed E-state index contributed by atoms with van der Waals surface area (Å²) in [7, 11) is 0. The average molecular weight is 300 g/mol. The van der Waals surface area contributed by atoms with Crippen LogP contribution >= 0.6 is 11.3 Å². The van der Waals surface area contributed by atoms with Crippen LogP contribution in [-0.4, -0.2) is 16.6 Å². The molecule has 1 atom stereocenters. The molecule has 4 nitrogen and oxygen atoms in total. The first kappa shape index (κ1) is 14.0. The topological polar surface area (TPSA) is 58.3 Å². The Kier molecular flexibility index (Phi) is 4.45. The van der Waals surface area contributed by atoms with Crippen LogP contribution in [0.4, 0.5) is 0 Å². The lowest BCUT2D eigenvalue weighted by molar-refractivity contribution is 0.147. The molecule has 0 fully saturated rings. The fourth-order valence-corrected chi connectivity index (χ4v) is 2.90. The van der Waals surface area contributed by atoms with Gasteiger partial charge in [-0.25, -0.2) is 4.98 Å². The molecule has 2 aromatic heterocycles. The van der Waals surface area contributed by atoms with Crippen molar-refractivity contribution >= 4 is 11.3 Å². The molecule has 0 spiro atoms. The van der Waals surface area contributed by atoms with Gasteiger partial charge in [0.2, 0.25) is 0 Å². The summed E-state index contributed by atoms with van der Waals surface area (Å²) in [6.07, 6.45) is 2.81. The average Bonchev–Trinajstić information content (AvgIpc) is 3.20. The van der Waals surface area contributed by atoms with E-state index in [4.69, 9.17) is 4.42 Å². The van der Waals surface area contributed by atoms with Crippen molar-refractivity contribution in [1.82, 2.24) is 10.3 Å². The number of nitrogens with zero attached hydrogens (tertiary/aromatic N) is 1. The van der Waals surface area contributed by atoms with E-state index in [1.807, 2.05) is 24.4 Å². The Morgan fingerprint density at radius 2 is 2.05 bits per heavy atom. The van der Waals surface area contributed by atoms with Gasteiger partial charge in [0.05, 0.1) is 6.26 Å². The summed E-state index contributed by atoms with van der Waals surface area (Å²) in [6.45, 7) is 1.13. The molecule has 1 unspecified atom stereocenters. The number of thiazole rings is 1. The largest absolute Gasteiger partial charge is 0.467 e. The maximum absolute atomic E-state index is 9.90. The van der Waals surface area contributed by atoms with Gasteiger partial charge in [-0.3, -0.25) is 0 Å². The van der Waals surface area contributed by atoms with Gasteiger partial charge in [0.15, 0.2) is 0 Å². The van der Waals surface area contributed by atoms with Gasteiger partial charge in [-0.05, 0) is 12.1 Å².